The van der Waals surface area contributed by atoms with Gasteiger partial charge in [-0.1, -0.05) is 0 Å². The van der Waals surface area contributed by atoms with Crippen LogP contribution in [0.5, 0.6) is 5.88 Å². The number of nitrogens with two attached hydrogens (primary N) is 1. The van der Waals surface area contributed by atoms with E-state index in [1.54, 1.807) is 0 Å². The Hall–Kier alpha value is -1.36. The van der Waals surface area contributed by atoms with Gasteiger partial charge in [-0.25, -0.2) is 9.37 Å². The van der Waals surface area contributed by atoms with E-state index in [0.717, 1.165) is 19.6 Å². The van der Waals surface area contributed by atoms with Crippen LogP contribution < -0.4 is 10.5 Å². The molecule has 1 saturated heterocycles. The highest BCUT2D eigenvalue weighted by atomic mass is 19.1. The van der Waals surface area contributed by atoms with Gasteiger partial charge in [0.1, 0.15) is 6.61 Å². The third-order valence-electron chi connectivity index (χ3n) is 2.67. The molecule has 1 fully saturated rings. The summed E-state index contributed by atoms with van der Waals surface area (Å²) in [6.45, 7) is 3.52. The first-order chi connectivity index (χ1) is 7.75. The van der Waals surface area contributed by atoms with Crippen LogP contribution >= 0.6 is 0 Å². The molecule has 0 aliphatic carbocycles. The average Bonchev–Trinajstić information content (AvgIpc) is 2.74. The number of nitrogens with zero attached hydrogens (tertiary/aromatic N) is 2. The molecule has 1 aliphatic heterocycles. The topological polar surface area (TPSA) is 51.4 Å². The molecule has 1 aromatic rings. The van der Waals surface area contributed by atoms with Gasteiger partial charge in [0.15, 0.2) is 5.82 Å². The first-order valence-electron chi connectivity index (χ1n) is 5.52. The third kappa shape index (κ3) is 2.82. The van der Waals surface area contributed by atoms with E-state index < -0.39 is 5.82 Å². The number of likely N-dealkylation sites (tertiary alicyclic amines) is 1. The molecule has 0 bridgehead atoms. The minimum absolute atomic E-state index is 0.0356. The van der Waals surface area contributed by atoms with Crippen molar-refractivity contribution in [2.75, 3.05) is 32.0 Å². The number of halogens is 1. The van der Waals surface area contributed by atoms with Crippen LogP contribution in [0, 0.1) is 5.82 Å². The van der Waals surface area contributed by atoms with Crippen molar-refractivity contribution >= 4 is 5.69 Å². The number of hydrogen-bond donors (Lipinski definition) is 1. The summed E-state index contributed by atoms with van der Waals surface area (Å²) in [6, 6.07) is 1.22. The van der Waals surface area contributed by atoms with Gasteiger partial charge in [0.2, 0.25) is 0 Å². The molecular formula is C11H16FN3O. The summed E-state index contributed by atoms with van der Waals surface area (Å²) in [5, 5.41) is 0. The molecule has 2 N–H and O–H groups in total. The van der Waals surface area contributed by atoms with Crippen molar-refractivity contribution in [3.05, 3.63) is 18.1 Å². The zero-order valence-corrected chi connectivity index (χ0v) is 9.16. The Balaban J connectivity index is 1.80. The second kappa shape index (κ2) is 5.12. The predicted octanol–water partition coefficient (Wildman–Crippen LogP) is 1.28. The summed E-state index contributed by atoms with van der Waals surface area (Å²) in [5.74, 6) is -0.463. The molecule has 0 atom stereocenters. The Morgan fingerprint density at radius 1 is 1.44 bits per heavy atom. The van der Waals surface area contributed by atoms with Gasteiger partial charge < -0.3 is 10.5 Å². The number of rotatable bonds is 4. The number of nitrogen functional groups attached to an aromatic ring is 1. The fraction of sp³-hybridized carbons (Fsp3) is 0.545. The Labute approximate surface area is 94.2 Å². The summed E-state index contributed by atoms with van der Waals surface area (Å²) >= 11 is 0. The van der Waals surface area contributed by atoms with Gasteiger partial charge in [0.05, 0.1) is 11.9 Å². The van der Waals surface area contributed by atoms with Crippen molar-refractivity contribution in [2.24, 2.45) is 0 Å². The van der Waals surface area contributed by atoms with Crippen molar-refractivity contribution in [3.63, 3.8) is 0 Å². The SMILES string of the molecule is Nc1cnc(OCCN2CCCC2)c(F)c1. The van der Waals surface area contributed by atoms with Crippen LogP contribution in [0.4, 0.5) is 10.1 Å². The fourth-order valence-corrected chi connectivity index (χ4v) is 1.82. The quantitative estimate of drug-likeness (QED) is 0.838. The molecule has 16 heavy (non-hydrogen) atoms. The Morgan fingerprint density at radius 3 is 2.88 bits per heavy atom. The molecule has 0 amide bonds. The van der Waals surface area contributed by atoms with Crippen LogP contribution in [0.3, 0.4) is 0 Å². The summed E-state index contributed by atoms with van der Waals surface area (Å²) in [5.41, 5.74) is 5.70. The van der Waals surface area contributed by atoms with Gasteiger partial charge in [-0.2, -0.15) is 0 Å². The van der Waals surface area contributed by atoms with Crippen LogP contribution in [0.1, 0.15) is 12.8 Å². The lowest BCUT2D eigenvalue weighted by molar-refractivity contribution is 0.224. The normalized spacial score (nSPS) is 16.6. The molecule has 88 valence electrons. The number of aromatic nitrogens is 1. The lowest BCUT2D eigenvalue weighted by atomic mass is 10.4. The van der Waals surface area contributed by atoms with Crippen LogP contribution in [0.2, 0.25) is 0 Å². The number of pyridine rings is 1. The summed E-state index contributed by atoms with van der Waals surface area (Å²) < 4.78 is 18.5. The second-order valence-corrected chi connectivity index (χ2v) is 3.95. The van der Waals surface area contributed by atoms with Crippen LogP contribution in [0.25, 0.3) is 0 Å². The van der Waals surface area contributed by atoms with E-state index in [-0.39, 0.29) is 5.88 Å². The van der Waals surface area contributed by atoms with Crippen LogP contribution in [0.15, 0.2) is 12.3 Å². The zero-order chi connectivity index (χ0) is 11.4. The number of hydrogen-bond acceptors (Lipinski definition) is 4. The maximum Gasteiger partial charge on any atom is 0.250 e. The van der Waals surface area contributed by atoms with E-state index in [1.807, 2.05) is 0 Å². The van der Waals surface area contributed by atoms with Crippen molar-refractivity contribution in [1.29, 1.82) is 0 Å². The molecule has 1 aliphatic rings. The second-order valence-electron chi connectivity index (χ2n) is 3.95. The highest BCUT2D eigenvalue weighted by Gasteiger charge is 2.11. The summed E-state index contributed by atoms with van der Waals surface area (Å²) in [6.07, 6.45) is 3.89. The van der Waals surface area contributed by atoms with Gasteiger partial charge in [0.25, 0.3) is 5.88 Å². The Morgan fingerprint density at radius 2 is 2.19 bits per heavy atom. The van der Waals surface area contributed by atoms with Crippen molar-refractivity contribution in [1.82, 2.24) is 9.88 Å². The highest BCUT2D eigenvalue weighted by Crippen LogP contribution is 2.15. The fourth-order valence-electron chi connectivity index (χ4n) is 1.82. The van der Waals surface area contributed by atoms with Gasteiger partial charge in [-0.15, -0.1) is 0 Å². The number of ether oxygens (including phenoxy) is 1. The minimum Gasteiger partial charge on any atom is -0.474 e. The van der Waals surface area contributed by atoms with Gasteiger partial charge in [0, 0.05) is 12.6 Å². The van der Waals surface area contributed by atoms with Crippen LogP contribution in [-0.2, 0) is 0 Å². The minimum atomic E-state index is -0.499. The predicted molar refractivity (Wildman–Crippen MR) is 59.8 cm³/mol. The van der Waals surface area contributed by atoms with Crippen molar-refractivity contribution in [3.8, 4) is 5.88 Å². The van der Waals surface area contributed by atoms with E-state index in [4.69, 9.17) is 10.5 Å². The Kier molecular flexibility index (Phi) is 3.56. The molecule has 2 rings (SSSR count). The van der Waals surface area contributed by atoms with Crippen molar-refractivity contribution in [2.45, 2.75) is 12.8 Å². The third-order valence-corrected chi connectivity index (χ3v) is 2.67. The molecule has 5 heteroatoms. The summed E-state index contributed by atoms with van der Waals surface area (Å²) in [4.78, 5) is 6.10. The number of anilines is 1. The largest absolute Gasteiger partial charge is 0.474 e. The molecule has 2 heterocycles. The van der Waals surface area contributed by atoms with E-state index in [0.29, 0.717) is 12.3 Å². The standard InChI is InChI=1S/C11H16FN3O/c12-10-7-9(13)8-14-11(10)16-6-5-15-3-1-2-4-15/h7-8H,1-6,13H2. The molecule has 4 nitrogen and oxygen atoms in total. The van der Waals surface area contributed by atoms with Crippen LogP contribution in [-0.4, -0.2) is 36.1 Å². The average molecular weight is 225 g/mol. The molecule has 0 saturated carbocycles. The first-order valence-corrected chi connectivity index (χ1v) is 5.52. The monoisotopic (exact) mass is 225 g/mol. The van der Waals surface area contributed by atoms with Crippen molar-refractivity contribution < 1.29 is 9.13 Å². The lowest BCUT2D eigenvalue weighted by Gasteiger charge is -2.14. The first kappa shape index (κ1) is 11.1. The molecular weight excluding hydrogens is 209 g/mol. The van der Waals surface area contributed by atoms with Gasteiger partial charge in [-0.3, -0.25) is 4.90 Å². The maximum atomic E-state index is 13.3. The van der Waals surface area contributed by atoms with E-state index >= 15 is 0 Å². The van der Waals surface area contributed by atoms with E-state index in [1.165, 1.54) is 25.1 Å². The van der Waals surface area contributed by atoms with E-state index in [9.17, 15) is 4.39 Å². The smallest absolute Gasteiger partial charge is 0.250 e. The molecule has 1 aromatic heterocycles. The van der Waals surface area contributed by atoms with Gasteiger partial charge in [-0.05, 0) is 25.9 Å². The molecule has 0 spiro atoms. The molecule has 0 radical (unpaired) electrons. The molecule has 0 aromatic carbocycles. The molecule has 0 unspecified atom stereocenters. The maximum absolute atomic E-state index is 13.3. The zero-order valence-electron chi connectivity index (χ0n) is 9.16. The van der Waals surface area contributed by atoms with E-state index in [2.05, 4.69) is 9.88 Å². The van der Waals surface area contributed by atoms with Gasteiger partial charge >= 0.3 is 0 Å². The highest BCUT2D eigenvalue weighted by molar-refractivity contribution is 5.37. The Bertz CT molecular complexity index is 353. The summed E-state index contributed by atoms with van der Waals surface area (Å²) in [7, 11) is 0. The lowest BCUT2D eigenvalue weighted by Crippen LogP contribution is -2.25.